The number of allylic oxidation sites excluding steroid dienone is 1. The molecule has 2 aliphatic rings. The topological polar surface area (TPSA) is 47.9 Å². The Morgan fingerprint density at radius 3 is 2.35 bits per heavy atom. The summed E-state index contributed by atoms with van der Waals surface area (Å²) in [6, 6.07) is 4.06. The number of aryl methyl sites for hydroxylation is 1. The van der Waals surface area contributed by atoms with Crippen LogP contribution in [0.4, 0.5) is 0 Å². The Morgan fingerprint density at radius 1 is 1.12 bits per heavy atom. The van der Waals surface area contributed by atoms with Crippen LogP contribution in [0.25, 0.3) is 0 Å². The van der Waals surface area contributed by atoms with Crippen molar-refractivity contribution in [3.8, 4) is 11.5 Å². The number of rotatable bonds is 10. The van der Waals surface area contributed by atoms with Gasteiger partial charge >= 0.3 is 0 Å². The second-order valence-electron chi connectivity index (χ2n) is 15.7. The van der Waals surface area contributed by atoms with E-state index in [0.29, 0.717) is 18.4 Å². The molecule has 3 rings (SSSR count). The van der Waals surface area contributed by atoms with E-state index in [2.05, 4.69) is 87.6 Å². The van der Waals surface area contributed by atoms with Crippen LogP contribution in [0.5, 0.6) is 11.5 Å². The van der Waals surface area contributed by atoms with Crippen LogP contribution in [-0.2, 0) is 10.8 Å². The van der Waals surface area contributed by atoms with Gasteiger partial charge in [0.05, 0.1) is 20.3 Å². The molecule has 0 spiro atoms. The number of benzene rings is 1. The number of fused-ring (bicyclic) bond motifs is 2. The fourth-order valence-electron chi connectivity index (χ4n) is 7.94. The van der Waals surface area contributed by atoms with Gasteiger partial charge in [-0.1, -0.05) is 66.5 Å². The molecule has 2 saturated carbocycles. The Bertz CT molecular complexity index is 1070. The van der Waals surface area contributed by atoms with Crippen molar-refractivity contribution in [3.63, 3.8) is 0 Å². The van der Waals surface area contributed by atoms with Gasteiger partial charge in [0.15, 0.2) is 8.32 Å². The van der Waals surface area contributed by atoms with Crippen LogP contribution in [0.15, 0.2) is 23.8 Å². The lowest BCUT2D eigenvalue weighted by molar-refractivity contribution is -0.0300. The summed E-state index contributed by atoms with van der Waals surface area (Å²) >= 11 is 0. The first-order chi connectivity index (χ1) is 18.3. The minimum absolute atomic E-state index is 0.0729. The fraction of sp³-hybridized carbons (Fsp3) is 0.771. The van der Waals surface area contributed by atoms with E-state index in [1.54, 1.807) is 14.2 Å². The fourth-order valence-corrected chi connectivity index (χ4v) is 9.33. The highest BCUT2D eigenvalue weighted by Crippen LogP contribution is 2.71. The third kappa shape index (κ3) is 6.22. The van der Waals surface area contributed by atoms with Crippen LogP contribution < -0.4 is 9.47 Å². The quantitative estimate of drug-likeness (QED) is 0.224. The van der Waals surface area contributed by atoms with Gasteiger partial charge in [-0.25, -0.2) is 0 Å². The molecular weight excluding hydrogens is 512 g/mol. The van der Waals surface area contributed by atoms with Gasteiger partial charge in [-0.15, -0.1) is 0 Å². The van der Waals surface area contributed by atoms with E-state index in [4.69, 9.17) is 13.9 Å². The average molecular weight is 573 g/mol. The van der Waals surface area contributed by atoms with Crippen LogP contribution in [0.3, 0.4) is 0 Å². The second-order valence-corrected chi connectivity index (χ2v) is 20.4. The van der Waals surface area contributed by atoms with E-state index >= 15 is 0 Å². The highest BCUT2D eigenvalue weighted by Gasteiger charge is 2.65. The maximum atomic E-state index is 11.5. The molecule has 0 heterocycles. The molecule has 1 N–H and O–H groups in total. The van der Waals surface area contributed by atoms with Crippen molar-refractivity contribution in [2.75, 3.05) is 14.2 Å². The lowest BCUT2D eigenvalue weighted by Gasteiger charge is -2.50. The first kappa shape index (κ1) is 33.2. The van der Waals surface area contributed by atoms with E-state index < -0.39 is 8.32 Å². The Balaban J connectivity index is 1.77. The number of hydrogen-bond acceptors (Lipinski definition) is 4. The third-order valence-corrected chi connectivity index (χ3v) is 16.4. The molecule has 228 valence electrons. The number of methoxy groups -OCH3 is 2. The SMILES string of the molecule is COc1cc(C)c(OC)c(C/C=C(\C)C[C@H](O)C[C@]2(C)C[C@H]3[C@H](O[Si](C)(C)C(C)(C)C)CCC[C@]2(C)C3(C)C)c1. The van der Waals surface area contributed by atoms with Crippen LogP contribution in [-0.4, -0.2) is 39.9 Å². The number of ether oxygens (including phenoxy) is 2. The van der Waals surface area contributed by atoms with Gasteiger partial charge in [0.1, 0.15) is 11.5 Å². The monoisotopic (exact) mass is 572 g/mol. The van der Waals surface area contributed by atoms with Gasteiger partial charge in [0, 0.05) is 11.7 Å². The van der Waals surface area contributed by atoms with Crippen molar-refractivity contribution in [2.24, 2.45) is 22.2 Å². The normalized spacial score (nSPS) is 29.7. The molecule has 2 bridgehead atoms. The lowest BCUT2D eigenvalue weighted by Crippen LogP contribution is -2.47. The molecule has 5 atom stereocenters. The molecular formula is C35H60O4Si. The predicted octanol–water partition coefficient (Wildman–Crippen LogP) is 9.28. The first-order valence-corrected chi connectivity index (χ1v) is 18.5. The summed E-state index contributed by atoms with van der Waals surface area (Å²) in [5, 5.41) is 11.7. The summed E-state index contributed by atoms with van der Waals surface area (Å²) in [7, 11) is 1.56. The molecule has 0 aromatic heterocycles. The van der Waals surface area contributed by atoms with E-state index in [0.717, 1.165) is 41.9 Å². The van der Waals surface area contributed by atoms with E-state index in [1.165, 1.54) is 24.8 Å². The minimum atomic E-state index is -1.87. The third-order valence-electron chi connectivity index (χ3n) is 11.9. The number of aliphatic hydroxyl groups is 1. The van der Waals surface area contributed by atoms with Crippen LogP contribution >= 0.6 is 0 Å². The molecule has 0 unspecified atom stereocenters. The highest BCUT2D eigenvalue weighted by atomic mass is 28.4. The van der Waals surface area contributed by atoms with Crippen molar-refractivity contribution in [2.45, 2.75) is 138 Å². The Labute approximate surface area is 247 Å². The molecule has 0 amide bonds. The molecule has 0 saturated heterocycles. The van der Waals surface area contributed by atoms with Gasteiger partial charge in [-0.2, -0.15) is 0 Å². The van der Waals surface area contributed by atoms with Gasteiger partial charge in [0.25, 0.3) is 0 Å². The summed E-state index contributed by atoms with van der Waals surface area (Å²) in [5.41, 5.74) is 3.81. The maximum absolute atomic E-state index is 11.5. The number of aliphatic hydroxyl groups excluding tert-OH is 1. The van der Waals surface area contributed by atoms with Gasteiger partial charge in [-0.05, 0) is 110 Å². The van der Waals surface area contributed by atoms with Crippen LogP contribution in [0.1, 0.15) is 105 Å². The standard InChI is InChI=1S/C35H60O4Si/c1-24(16-17-26-21-28(37-10)20-25(2)31(26)38-11)19-27(36)22-34(8)23-29-30(39-40(12,13)32(3,4)5)15-14-18-35(34,9)33(29,6)7/h16,20-21,27,29-30,36H,14-15,17-19,22-23H2,1-13H3/b24-16+/t27-,29-,30+,34+,35+/m0/s1. The van der Waals surface area contributed by atoms with Crippen LogP contribution in [0, 0.1) is 29.1 Å². The van der Waals surface area contributed by atoms with E-state index in [1.807, 2.05) is 6.07 Å². The molecule has 1 aromatic rings. The van der Waals surface area contributed by atoms with Gasteiger partial charge in [-0.3, -0.25) is 0 Å². The Hall–Kier alpha value is -1.30. The van der Waals surface area contributed by atoms with E-state index in [9.17, 15) is 5.11 Å². The summed E-state index contributed by atoms with van der Waals surface area (Å²) < 4.78 is 18.3. The van der Waals surface area contributed by atoms with E-state index in [-0.39, 0.29) is 27.4 Å². The number of hydrogen-bond donors (Lipinski definition) is 1. The summed E-state index contributed by atoms with van der Waals surface area (Å²) in [6.07, 6.45) is 9.23. The highest BCUT2D eigenvalue weighted by molar-refractivity contribution is 6.74. The molecule has 40 heavy (non-hydrogen) atoms. The zero-order chi connectivity index (χ0) is 30.3. The zero-order valence-electron chi connectivity index (χ0n) is 28.1. The molecule has 0 radical (unpaired) electrons. The smallest absolute Gasteiger partial charge is 0.192 e. The summed E-state index contributed by atoms with van der Waals surface area (Å²) in [6.45, 7) is 26.0. The van der Waals surface area contributed by atoms with Gasteiger partial charge < -0.3 is 19.0 Å². The second kappa shape index (κ2) is 11.8. The summed E-state index contributed by atoms with van der Waals surface area (Å²) in [4.78, 5) is 0. The van der Waals surface area contributed by atoms with Crippen molar-refractivity contribution in [3.05, 3.63) is 34.9 Å². The molecule has 2 fully saturated rings. The molecule has 5 heteroatoms. The van der Waals surface area contributed by atoms with Crippen molar-refractivity contribution in [1.82, 2.24) is 0 Å². The predicted molar refractivity (Wildman–Crippen MR) is 171 cm³/mol. The minimum Gasteiger partial charge on any atom is -0.497 e. The van der Waals surface area contributed by atoms with Crippen LogP contribution in [0.2, 0.25) is 18.1 Å². The van der Waals surface area contributed by atoms with Gasteiger partial charge in [0.2, 0.25) is 0 Å². The van der Waals surface area contributed by atoms with Crippen molar-refractivity contribution in [1.29, 1.82) is 0 Å². The maximum Gasteiger partial charge on any atom is 0.192 e. The zero-order valence-corrected chi connectivity index (χ0v) is 29.1. The average Bonchev–Trinajstić information content (AvgIpc) is 2.91. The van der Waals surface area contributed by atoms with Crippen molar-refractivity contribution < 1.29 is 19.0 Å². The molecule has 1 aromatic carbocycles. The first-order valence-electron chi connectivity index (χ1n) is 15.5. The molecule has 0 aliphatic heterocycles. The molecule has 4 nitrogen and oxygen atoms in total. The molecule has 2 aliphatic carbocycles. The largest absolute Gasteiger partial charge is 0.497 e. The Kier molecular flexibility index (Phi) is 9.76. The lowest BCUT2D eigenvalue weighted by atomic mass is 9.55. The van der Waals surface area contributed by atoms with Crippen molar-refractivity contribution >= 4 is 8.32 Å². The summed E-state index contributed by atoms with van der Waals surface area (Å²) in [5.74, 6) is 2.28. The Morgan fingerprint density at radius 2 is 1.77 bits per heavy atom.